The molecule has 1 aromatic rings. The molecule has 0 bridgehead atoms. The van der Waals surface area contributed by atoms with Crippen LogP contribution < -0.4 is 4.74 Å². The number of ether oxygens (including phenoxy) is 1. The highest BCUT2D eigenvalue weighted by molar-refractivity contribution is 6.13. The quantitative estimate of drug-likeness (QED) is 0.148. The van der Waals surface area contributed by atoms with Gasteiger partial charge in [-0.05, 0) is 43.0 Å². The second kappa shape index (κ2) is 23.1. The van der Waals surface area contributed by atoms with Gasteiger partial charge in [0.15, 0.2) is 1.43 Å². The van der Waals surface area contributed by atoms with Gasteiger partial charge < -0.3 is 19.9 Å². The molecule has 0 aromatic heterocycles. The van der Waals surface area contributed by atoms with Gasteiger partial charge in [0.25, 0.3) is 0 Å². The molecule has 0 amide bonds. The monoisotopic (exact) mass is 451 g/mol. The minimum absolute atomic E-state index is 0.0799. The Morgan fingerprint density at radius 2 is 1.22 bits per heavy atom. The largest absolute Gasteiger partial charge is 0.493 e. The third-order valence-corrected chi connectivity index (χ3v) is 6.12. The van der Waals surface area contributed by atoms with Crippen LogP contribution in [0.1, 0.15) is 126 Å². The summed E-state index contributed by atoms with van der Waals surface area (Å²) in [5.74, 6) is 0.940. The number of unbranched alkanes of at least 4 members (excludes halogenated alkanes) is 15. The molecular formula is C27H50BO4. The molecule has 0 aliphatic rings. The van der Waals surface area contributed by atoms with Crippen LogP contribution in [0.4, 0.5) is 0 Å². The van der Waals surface area contributed by atoms with Gasteiger partial charge in [-0.2, -0.15) is 0 Å². The van der Waals surface area contributed by atoms with E-state index in [9.17, 15) is 5.11 Å². The lowest BCUT2D eigenvalue weighted by Gasteiger charge is -2.13. The van der Waals surface area contributed by atoms with E-state index in [1.54, 1.807) is 0 Å². The molecule has 5 heteroatoms. The molecule has 0 heterocycles. The first kappa shape index (κ1) is 29.0. The fourth-order valence-corrected chi connectivity index (χ4v) is 3.97. The second-order valence-electron chi connectivity index (χ2n) is 8.95. The zero-order chi connectivity index (χ0) is 24.6. The van der Waals surface area contributed by atoms with Gasteiger partial charge in [-0.3, -0.25) is 0 Å². The Morgan fingerprint density at radius 3 is 1.62 bits per heavy atom. The molecule has 185 valence electrons. The van der Waals surface area contributed by atoms with Crippen molar-refractivity contribution in [3.8, 4) is 5.75 Å². The summed E-state index contributed by atoms with van der Waals surface area (Å²) in [5.41, 5.74) is 3.33. The lowest BCUT2D eigenvalue weighted by Crippen LogP contribution is -2.01. The number of hydrogen-bond acceptors (Lipinski definition) is 4. The fourth-order valence-electron chi connectivity index (χ4n) is 3.97. The minimum Gasteiger partial charge on any atom is -0.493 e. The Morgan fingerprint density at radius 1 is 0.781 bits per heavy atom. The Labute approximate surface area is 200 Å². The molecule has 0 saturated heterocycles. The maximum Gasteiger partial charge on any atom is 0.482 e. The Hall–Kier alpha value is -1.04. The molecule has 32 heavy (non-hydrogen) atoms. The van der Waals surface area contributed by atoms with Crippen LogP contribution in [-0.2, 0) is 6.61 Å². The smallest absolute Gasteiger partial charge is 0.482 e. The number of aliphatic hydroxyl groups excluding tert-OH is 1. The van der Waals surface area contributed by atoms with E-state index in [0.717, 1.165) is 24.3 Å². The lowest BCUT2D eigenvalue weighted by atomic mass is 10.0. The van der Waals surface area contributed by atoms with Crippen molar-refractivity contribution in [2.45, 2.75) is 130 Å². The third-order valence-electron chi connectivity index (χ3n) is 6.12. The summed E-state index contributed by atoms with van der Waals surface area (Å²) in [4.78, 5) is 0. The minimum atomic E-state index is 0.0799. The normalized spacial score (nSPS) is 11.0. The van der Waals surface area contributed by atoms with E-state index in [1.807, 2.05) is 12.1 Å². The first-order valence-electron chi connectivity index (χ1n) is 13.4. The van der Waals surface area contributed by atoms with Crippen molar-refractivity contribution in [1.82, 2.24) is 0 Å². The predicted molar refractivity (Wildman–Crippen MR) is 137 cm³/mol. The zero-order valence-corrected chi connectivity index (χ0v) is 21.2. The zero-order valence-electron chi connectivity index (χ0n) is 22.2. The van der Waals surface area contributed by atoms with Gasteiger partial charge in [-0.25, -0.2) is 0 Å². The summed E-state index contributed by atoms with van der Waals surface area (Å²) >= 11 is 0. The second-order valence-corrected chi connectivity index (χ2v) is 8.95. The highest BCUT2D eigenvalue weighted by atomic mass is 16.5. The van der Waals surface area contributed by atoms with Crippen molar-refractivity contribution in [2.75, 3.05) is 6.61 Å². The van der Waals surface area contributed by atoms with Crippen molar-refractivity contribution < 1.29 is 19.9 Å². The number of benzene rings is 1. The molecule has 3 N–H and O–H groups in total. The van der Waals surface area contributed by atoms with Crippen molar-refractivity contribution in [2.24, 2.45) is 0 Å². The molecule has 0 aliphatic heterocycles. The van der Waals surface area contributed by atoms with Gasteiger partial charge in [-0.1, -0.05) is 109 Å². The van der Waals surface area contributed by atoms with E-state index in [-0.39, 0.29) is 6.61 Å². The molecule has 0 fully saturated rings. The van der Waals surface area contributed by atoms with Gasteiger partial charge in [-0.15, -0.1) is 0 Å². The van der Waals surface area contributed by atoms with E-state index < -0.39 is 0 Å². The number of hydrogen-bond donors (Lipinski definition) is 3. The van der Waals surface area contributed by atoms with Crippen molar-refractivity contribution in [3.63, 3.8) is 0 Å². The van der Waals surface area contributed by atoms with Gasteiger partial charge in [0.1, 0.15) is 5.75 Å². The van der Waals surface area contributed by atoms with Crippen LogP contribution in [-0.4, -0.2) is 30.9 Å². The molecule has 0 saturated carbocycles. The van der Waals surface area contributed by atoms with Gasteiger partial charge in [0.05, 0.1) is 13.2 Å². The van der Waals surface area contributed by atoms with Gasteiger partial charge in [0, 0.05) is 0 Å². The average Bonchev–Trinajstić information content (AvgIpc) is 2.83. The molecule has 1 rings (SSSR count). The topological polar surface area (TPSA) is 69.9 Å². The van der Waals surface area contributed by atoms with E-state index in [0.29, 0.717) is 7.69 Å². The summed E-state index contributed by atoms with van der Waals surface area (Å²) in [7, 11) is 0.292. The van der Waals surface area contributed by atoms with E-state index in [1.165, 1.54) is 107 Å². The molecule has 0 spiro atoms. The van der Waals surface area contributed by atoms with Crippen LogP contribution in [0, 0.1) is 13.8 Å². The van der Waals surface area contributed by atoms with E-state index in [2.05, 4.69) is 25.8 Å². The van der Waals surface area contributed by atoms with Crippen LogP contribution >= 0.6 is 0 Å². The standard InChI is InChI=1S/C27H48O2.BH2O2/c1-4-5-6-7-8-9-10-11-12-13-14-15-16-17-18-19-20-29-27-22-26(23-28)21-24(2)25(27)3;2-1-3/h21-22,28H,4-20,23H2,1-3H3;2-3H/i;2T. The molecule has 0 aliphatic carbocycles. The van der Waals surface area contributed by atoms with Crippen molar-refractivity contribution in [1.29, 1.82) is 1.43 Å². The van der Waals surface area contributed by atoms with Crippen LogP contribution in [0.15, 0.2) is 12.1 Å². The Bertz CT molecular complexity index is 555. The summed E-state index contributed by atoms with van der Waals surface area (Å²) < 4.78 is 11.6. The SMILES string of the molecule is CCCCCCCCCCCCCCCCCCOc1cc(CO)cc(C)c1C.[3H]O[B]O. The molecule has 4 nitrogen and oxygen atoms in total. The summed E-state index contributed by atoms with van der Waals surface area (Å²) in [6.45, 7) is 7.33. The van der Waals surface area contributed by atoms with Crippen molar-refractivity contribution in [3.05, 3.63) is 28.8 Å². The maximum atomic E-state index is 9.34. The summed E-state index contributed by atoms with van der Waals surface area (Å²) in [6, 6.07) is 4.02. The first-order chi connectivity index (χ1) is 16.1. The van der Waals surface area contributed by atoms with Crippen LogP contribution in [0.3, 0.4) is 0 Å². The van der Waals surface area contributed by atoms with Crippen LogP contribution in [0.2, 0.25) is 0 Å². The van der Waals surface area contributed by atoms with Gasteiger partial charge >= 0.3 is 7.69 Å². The molecule has 0 unspecified atom stereocenters. The number of aliphatic hydroxyl groups is 1. The number of aryl methyl sites for hydroxylation is 1. The van der Waals surface area contributed by atoms with Gasteiger partial charge in [0.2, 0.25) is 0 Å². The molecule has 1 radical (unpaired) electrons. The molecule has 1 aromatic carbocycles. The fraction of sp³-hybridized carbons (Fsp3) is 0.778. The Balaban J connectivity index is 0.00000235. The highest BCUT2D eigenvalue weighted by Crippen LogP contribution is 2.24. The van der Waals surface area contributed by atoms with Crippen LogP contribution in [0.5, 0.6) is 5.75 Å². The van der Waals surface area contributed by atoms with E-state index in [4.69, 9.17) is 11.2 Å². The maximum absolute atomic E-state index is 9.34. The summed E-state index contributed by atoms with van der Waals surface area (Å²) in [6.07, 6.45) is 22.2. The molecular weight excluding hydrogens is 399 g/mol. The first-order valence-corrected chi connectivity index (χ1v) is 13.0. The Kier molecular flexibility index (Phi) is 21.0. The van der Waals surface area contributed by atoms with Crippen molar-refractivity contribution >= 4 is 7.69 Å². The lowest BCUT2D eigenvalue weighted by molar-refractivity contribution is 0.277. The van der Waals surface area contributed by atoms with E-state index >= 15 is 0 Å². The molecule has 0 atom stereocenters. The van der Waals surface area contributed by atoms with Crippen LogP contribution in [0.25, 0.3) is 0 Å². The average molecular weight is 452 g/mol. The number of rotatable bonds is 20. The third kappa shape index (κ3) is 17.5. The predicted octanol–water partition coefficient (Wildman–Crippen LogP) is 6.94. The highest BCUT2D eigenvalue weighted by Gasteiger charge is 2.05. The summed E-state index contributed by atoms with van der Waals surface area (Å²) in [5, 5.41) is 19.9.